The maximum Gasteiger partial charge on any atom is 0.421 e. The van der Waals surface area contributed by atoms with E-state index in [-0.39, 0.29) is 18.6 Å². The zero-order valence-corrected chi connectivity index (χ0v) is 19.4. The molecule has 0 spiro atoms. The monoisotopic (exact) mass is 500 g/mol. The molecule has 3 aromatic rings. The molecule has 1 amide bonds. The summed E-state index contributed by atoms with van der Waals surface area (Å²) < 4.78 is 51.5. The van der Waals surface area contributed by atoms with E-state index in [0.717, 1.165) is 18.9 Å². The minimum absolute atomic E-state index is 0.0909. The molecule has 3 aromatic heterocycles. The number of alkyl halides is 3. The number of ether oxygens (including phenoxy) is 2. The summed E-state index contributed by atoms with van der Waals surface area (Å²) in [5.41, 5.74) is 1.45. The third kappa shape index (κ3) is 4.75. The van der Waals surface area contributed by atoms with Crippen LogP contribution in [-0.2, 0) is 19.1 Å². The fourth-order valence-electron chi connectivity index (χ4n) is 4.46. The predicted molar refractivity (Wildman–Crippen MR) is 122 cm³/mol. The molecule has 0 aliphatic carbocycles. The number of nitrogens with zero attached hydrogens (tertiary/aromatic N) is 6. The summed E-state index contributed by atoms with van der Waals surface area (Å²) in [4.78, 5) is 32.7. The number of carbonyl (C=O) groups excluding carboxylic acids is 1. The summed E-state index contributed by atoms with van der Waals surface area (Å²) in [7, 11) is 1.16. The molecule has 1 saturated heterocycles. The SMILES string of the molecule is COc1ncc(N2CCc3ncnc(OC4CCN(C(=O)c5ccncc5)C4)c3C2)cc1C(F)(F)F. The van der Waals surface area contributed by atoms with E-state index >= 15 is 0 Å². The van der Waals surface area contributed by atoms with Gasteiger partial charge in [0.25, 0.3) is 5.91 Å². The van der Waals surface area contributed by atoms with E-state index in [0.29, 0.717) is 55.2 Å². The number of rotatable bonds is 5. The van der Waals surface area contributed by atoms with Crippen molar-refractivity contribution in [3.63, 3.8) is 0 Å². The van der Waals surface area contributed by atoms with Gasteiger partial charge in [0.15, 0.2) is 0 Å². The van der Waals surface area contributed by atoms with Crippen LogP contribution in [0.25, 0.3) is 0 Å². The van der Waals surface area contributed by atoms with E-state index in [9.17, 15) is 18.0 Å². The van der Waals surface area contributed by atoms with Gasteiger partial charge in [-0.2, -0.15) is 13.2 Å². The molecule has 0 saturated carbocycles. The first-order valence-corrected chi connectivity index (χ1v) is 11.4. The topological polar surface area (TPSA) is 93.6 Å². The standard InChI is InChI=1S/C24H23F3N6O3/c1-35-22-19(24(25,26)27)10-16(11-29-22)32-9-5-20-18(13-32)21(31-14-30-20)36-17-4-8-33(12-17)23(34)15-2-6-28-7-3-15/h2-3,6-7,10-11,14,17H,4-5,8-9,12-13H2,1H3. The van der Waals surface area contributed by atoms with Crippen LogP contribution in [0.3, 0.4) is 0 Å². The molecular formula is C24H23F3N6O3. The maximum atomic E-state index is 13.5. The summed E-state index contributed by atoms with van der Waals surface area (Å²) in [5.74, 6) is -0.180. The van der Waals surface area contributed by atoms with Crippen LogP contribution in [0.5, 0.6) is 11.8 Å². The number of halogens is 3. The number of pyridine rings is 2. The molecule has 0 aromatic carbocycles. The highest BCUT2D eigenvalue weighted by Crippen LogP contribution is 2.38. The zero-order chi connectivity index (χ0) is 25.3. The van der Waals surface area contributed by atoms with Crippen LogP contribution < -0.4 is 14.4 Å². The van der Waals surface area contributed by atoms with E-state index < -0.39 is 17.6 Å². The Balaban J connectivity index is 1.32. The van der Waals surface area contributed by atoms with Crippen LogP contribution in [0.15, 0.2) is 43.1 Å². The fourth-order valence-corrected chi connectivity index (χ4v) is 4.46. The van der Waals surface area contributed by atoms with Crippen LogP contribution in [0.2, 0.25) is 0 Å². The van der Waals surface area contributed by atoms with Crippen molar-refractivity contribution in [3.8, 4) is 11.8 Å². The van der Waals surface area contributed by atoms with Gasteiger partial charge in [0.2, 0.25) is 11.8 Å². The fraction of sp³-hybridized carbons (Fsp3) is 0.375. The van der Waals surface area contributed by atoms with Gasteiger partial charge >= 0.3 is 6.18 Å². The van der Waals surface area contributed by atoms with Gasteiger partial charge in [-0.05, 0) is 18.2 Å². The van der Waals surface area contributed by atoms with Crippen LogP contribution >= 0.6 is 0 Å². The van der Waals surface area contributed by atoms with Crippen molar-refractivity contribution in [2.45, 2.75) is 31.7 Å². The molecule has 5 rings (SSSR count). The summed E-state index contributed by atoms with van der Waals surface area (Å²) in [6.45, 7) is 1.68. The molecule has 12 heteroatoms. The Morgan fingerprint density at radius 2 is 1.92 bits per heavy atom. The lowest BCUT2D eigenvalue weighted by Crippen LogP contribution is -2.33. The van der Waals surface area contributed by atoms with Crippen LogP contribution in [-0.4, -0.2) is 63.6 Å². The average molecular weight is 500 g/mol. The second kappa shape index (κ2) is 9.59. The van der Waals surface area contributed by atoms with Crippen LogP contribution in [0, 0.1) is 0 Å². The first-order valence-electron chi connectivity index (χ1n) is 11.4. The smallest absolute Gasteiger partial charge is 0.421 e. The Bertz CT molecular complexity index is 1260. The molecule has 36 heavy (non-hydrogen) atoms. The number of hydrogen-bond acceptors (Lipinski definition) is 8. The molecule has 0 radical (unpaired) electrons. The normalized spacial score (nSPS) is 17.6. The van der Waals surface area contributed by atoms with Gasteiger partial charge in [-0.25, -0.2) is 15.0 Å². The van der Waals surface area contributed by atoms with Crippen molar-refractivity contribution in [1.82, 2.24) is 24.8 Å². The van der Waals surface area contributed by atoms with E-state index in [1.165, 1.54) is 12.5 Å². The van der Waals surface area contributed by atoms with Crippen molar-refractivity contribution in [2.75, 3.05) is 31.6 Å². The Morgan fingerprint density at radius 1 is 1.11 bits per heavy atom. The molecule has 2 aliphatic heterocycles. The molecular weight excluding hydrogens is 477 g/mol. The number of hydrogen-bond donors (Lipinski definition) is 0. The molecule has 9 nitrogen and oxygen atoms in total. The van der Waals surface area contributed by atoms with Crippen molar-refractivity contribution >= 4 is 11.6 Å². The lowest BCUT2D eigenvalue weighted by atomic mass is 10.1. The predicted octanol–water partition coefficient (Wildman–Crippen LogP) is 3.15. The molecule has 1 unspecified atom stereocenters. The number of fused-ring (bicyclic) bond motifs is 1. The highest BCUT2D eigenvalue weighted by molar-refractivity contribution is 5.94. The largest absolute Gasteiger partial charge is 0.481 e. The average Bonchev–Trinajstić information content (AvgIpc) is 3.36. The van der Waals surface area contributed by atoms with Crippen LogP contribution in [0.4, 0.5) is 18.9 Å². The van der Waals surface area contributed by atoms with Crippen molar-refractivity contribution in [2.24, 2.45) is 0 Å². The zero-order valence-electron chi connectivity index (χ0n) is 19.4. The van der Waals surface area contributed by atoms with E-state index in [4.69, 9.17) is 9.47 Å². The summed E-state index contributed by atoms with van der Waals surface area (Å²) in [6.07, 6.45) is 2.23. The first-order chi connectivity index (χ1) is 17.3. The maximum absolute atomic E-state index is 13.5. The van der Waals surface area contributed by atoms with Crippen molar-refractivity contribution in [3.05, 3.63) is 65.5 Å². The summed E-state index contributed by atoms with van der Waals surface area (Å²) >= 11 is 0. The first kappa shape index (κ1) is 23.8. The Labute approximate surface area is 204 Å². The second-order valence-corrected chi connectivity index (χ2v) is 8.54. The van der Waals surface area contributed by atoms with E-state index in [2.05, 4.69) is 19.9 Å². The van der Waals surface area contributed by atoms with Gasteiger partial charge in [-0.15, -0.1) is 0 Å². The molecule has 1 atom stereocenters. The van der Waals surface area contributed by atoms with E-state index in [1.807, 2.05) is 0 Å². The van der Waals surface area contributed by atoms with Gasteiger partial charge in [-0.3, -0.25) is 9.78 Å². The highest BCUT2D eigenvalue weighted by Gasteiger charge is 2.36. The van der Waals surface area contributed by atoms with Crippen LogP contribution in [0.1, 0.15) is 33.6 Å². The number of aromatic nitrogens is 4. The third-order valence-corrected chi connectivity index (χ3v) is 6.30. The molecule has 0 N–H and O–H groups in total. The number of methoxy groups -OCH3 is 1. The molecule has 0 bridgehead atoms. The Kier molecular flexibility index (Phi) is 6.33. The minimum atomic E-state index is -4.60. The minimum Gasteiger partial charge on any atom is -0.481 e. The number of carbonyl (C=O) groups is 1. The Morgan fingerprint density at radius 3 is 2.67 bits per heavy atom. The second-order valence-electron chi connectivity index (χ2n) is 8.54. The third-order valence-electron chi connectivity index (χ3n) is 6.30. The molecule has 2 aliphatic rings. The summed E-state index contributed by atoms with van der Waals surface area (Å²) in [5, 5.41) is 0. The van der Waals surface area contributed by atoms with Crippen molar-refractivity contribution in [1.29, 1.82) is 0 Å². The van der Waals surface area contributed by atoms with E-state index in [1.54, 1.807) is 34.3 Å². The summed E-state index contributed by atoms with van der Waals surface area (Å²) in [6, 6.07) is 4.38. The molecule has 188 valence electrons. The van der Waals surface area contributed by atoms with Gasteiger partial charge in [0, 0.05) is 43.9 Å². The van der Waals surface area contributed by atoms with Gasteiger partial charge in [0.05, 0.1) is 43.3 Å². The molecule has 5 heterocycles. The number of anilines is 1. The van der Waals surface area contributed by atoms with Gasteiger partial charge < -0.3 is 19.3 Å². The number of likely N-dealkylation sites (tertiary alicyclic amines) is 1. The van der Waals surface area contributed by atoms with Crippen molar-refractivity contribution < 1.29 is 27.4 Å². The van der Waals surface area contributed by atoms with Gasteiger partial charge in [-0.1, -0.05) is 0 Å². The number of amides is 1. The highest BCUT2D eigenvalue weighted by atomic mass is 19.4. The molecule has 1 fully saturated rings. The quantitative estimate of drug-likeness (QED) is 0.528. The lowest BCUT2D eigenvalue weighted by molar-refractivity contribution is -0.139. The lowest BCUT2D eigenvalue weighted by Gasteiger charge is -2.31. The Hall–Kier alpha value is -3.96. The van der Waals surface area contributed by atoms with Gasteiger partial charge in [0.1, 0.15) is 18.0 Å².